The van der Waals surface area contributed by atoms with Crippen LogP contribution in [0.1, 0.15) is 62.1 Å². The minimum absolute atomic E-state index is 0.0587. The van der Waals surface area contributed by atoms with E-state index >= 15 is 0 Å². The maximum atomic E-state index is 6.83. The molecule has 11 rings (SSSR count). The second-order valence-corrected chi connectivity index (χ2v) is 16.2. The van der Waals surface area contributed by atoms with Crippen molar-refractivity contribution in [2.24, 2.45) is 0 Å². The first-order chi connectivity index (χ1) is 25.1. The number of hydrogen-bond acceptors (Lipinski definition) is 3. The van der Waals surface area contributed by atoms with Crippen LogP contribution in [0.5, 0.6) is 0 Å². The predicted molar refractivity (Wildman–Crippen MR) is 218 cm³/mol. The van der Waals surface area contributed by atoms with Gasteiger partial charge in [0.15, 0.2) is 0 Å². The van der Waals surface area contributed by atoms with Gasteiger partial charge in [-0.15, -0.1) is 11.3 Å². The highest BCUT2D eigenvalue weighted by Crippen LogP contribution is 2.53. The zero-order chi connectivity index (χ0) is 33.8. The van der Waals surface area contributed by atoms with Gasteiger partial charge in [-0.05, 0) is 89.0 Å². The van der Waals surface area contributed by atoms with Gasteiger partial charge in [-0.25, -0.2) is 0 Å². The third-order valence-electron chi connectivity index (χ3n) is 12.0. The molecule has 0 N–H and O–H groups in total. The quantitative estimate of drug-likeness (QED) is 0.185. The Balaban J connectivity index is 1.27. The summed E-state index contributed by atoms with van der Waals surface area (Å²) in [6.07, 6.45) is 5.10. The van der Waals surface area contributed by atoms with E-state index < -0.39 is 0 Å². The lowest BCUT2D eigenvalue weighted by atomic mass is 9.82. The van der Waals surface area contributed by atoms with Crippen LogP contribution in [-0.4, -0.2) is 0 Å². The molecule has 0 bridgehead atoms. The van der Waals surface area contributed by atoms with Crippen molar-refractivity contribution in [2.45, 2.75) is 50.9 Å². The molecule has 2 nitrogen and oxygen atoms in total. The van der Waals surface area contributed by atoms with E-state index in [9.17, 15) is 0 Å². The Labute approximate surface area is 301 Å². The fourth-order valence-electron chi connectivity index (χ4n) is 9.62. The highest BCUT2D eigenvalue weighted by Gasteiger charge is 2.36. The largest absolute Gasteiger partial charge is 0.455 e. The van der Waals surface area contributed by atoms with Crippen molar-refractivity contribution in [2.75, 3.05) is 4.90 Å². The van der Waals surface area contributed by atoms with Crippen molar-refractivity contribution in [1.29, 1.82) is 0 Å². The van der Waals surface area contributed by atoms with E-state index in [-0.39, 0.29) is 5.41 Å². The summed E-state index contributed by atoms with van der Waals surface area (Å²) in [7, 11) is 0. The summed E-state index contributed by atoms with van der Waals surface area (Å²) in [6.45, 7) is 4.72. The number of thiophene rings is 1. The molecule has 2 aromatic heterocycles. The van der Waals surface area contributed by atoms with Gasteiger partial charge < -0.3 is 9.32 Å². The molecule has 7 aromatic carbocycles. The summed E-state index contributed by atoms with van der Waals surface area (Å²) >= 11 is 1.88. The van der Waals surface area contributed by atoms with E-state index in [1.165, 1.54) is 101 Å². The fraction of sp³-hybridized carbons (Fsp3) is 0.167. The van der Waals surface area contributed by atoms with Crippen LogP contribution in [0.2, 0.25) is 0 Å². The van der Waals surface area contributed by atoms with Crippen molar-refractivity contribution in [3.63, 3.8) is 0 Å². The molecular weight excluding hydrogens is 639 g/mol. The minimum Gasteiger partial charge on any atom is -0.455 e. The van der Waals surface area contributed by atoms with E-state index in [0.29, 0.717) is 5.92 Å². The molecule has 0 radical (unpaired) electrons. The maximum absolute atomic E-state index is 6.83. The first kappa shape index (κ1) is 29.4. The van der Waals surface area contributed by atoms with E-state index in [1.54, 1.807) is 0 Å². The van der Waals surface area contributed by atoms with Gasteiger partial charge in [0, 0.05) is 52.8 Å². The Morgan fingerprint density at radius 2 is 1.31 bits per heavy atom. The van der Waals surface area contributed by atoms with Gasteiger partial charge in [-0.2, -0.15) is 0 Å². The first-order valence-electron chi connectivity index (χ1n) is 18.4. The van der Waals surface area contributed by atoms with Crippen LogP contribution in [0.15, 0.2) is 138 Å². The Morgan fingerprint density at radius 1 is 0.588 bits per heavy atom. The van der Waals surface area contributed by atoms with Crippen molar-refractivity contribution < 1.29 is 4.42 Å². The van der Waals surface area contributed by atoms with Crippen LogP contribution in [0.4, 0.5) is 17.1 Å². The van der Waals surface area contributed by atoms with Crippen LogP contribution in [0.25, 0.3) is 64.0 Å². The molecular formula is C48H37NOS. The highest BCUT2D eigenvalue weighted by molar-refractivity contribution is 7.26. The number of benzene rings is 7. The molecule has 9 aromatic rings. The number of rotatable bonds is 4. The first-order valence-corrected chi connectivity index (χ1v) is 19.2. The third kappa shape index (κ3) is 4.16. The Bertz CT molecular complexity index is 2860. The van der Waals surface area contributed by atoms with Gasteiger partial charge in [0.1, 0.15) is 11.2 Å². The fourth-order valence-corrected chi connectivity index (χ4v) is 10.7. The van der Waals surface area contributed by atoms with E-state index in [0.717, 1.165) is 22.2 Å². The van der Waals surface area contributed by atoms with Crippen molar-refractivity contribution >= 4 is 81.3 Å². The monoisotopic (exact) mass is 675 g/mol. The van der Waals surface area contributed by atoms with Crippen LogP contribution in [-0.2, 0) is 5.41 Å². The Kier molecular flexibility index (Phi) is 6.22. The number of fused-ring (bicyclic) bond motifs is 11. The van der Waals surface area contributed by atoms with Crippen LogP contribution in [0, 0.1) is 0 Å². The molecule has 1 saturated carbocycles. The lowest BCUT2D eigenvalue weighted by Crippen LogP contribution is -2.15. The molecule has 0 spiro atoms. The average molecular weight is 676 g/mol. The van der Waals surface area contributed by atoms with Gasteiger partial charge in [-0.1, -0.05) is 118 Å². The van der Waals surface area contributed by atoms with Crippen LogP contribution in [0.3, 0.4) is 0 Å². The molecule has 1 fully saturated rings. The SMILES string of the molecule is CC1(C)c2ccccc2-c2cc(N(c3cc4c(oc5cccc(C6CCCC6)c54)c4ccccc34)c3cccc4sc5ccccc5c34)ccc21. The minimum atomic E-state index is -0.0587. The molecule has 2 heterocycles. The Hall–Kier alpha value is -5.38. The lowest BCUT2D eigenvalue weighted by molar-refractivity contribution is 0.660. The molecule has 2 aliphatic rings. The standard InChI is InChI=1S/C48H37NOS/c1-48(2)38-20-9-7-15-32(38)36-27-30(25-26-39(36)48)49(40-21-12-24-44-46(40)35-18-8-10-23-43(35)51-44)41-28-37-45-31(29-13-3-4-14-29)19-11-22-42(45)50-47(37)34-17-6-5-16-33(34)41/h5-12,15-29H,3-4,13-14H2,1-2H3. The molecule has 2 aliphatic carbocycles. The van der Waals surface area contributed by atoms with E-state index in [4.69, 9.17) is 4.42 Å². The smallest absolute Gasteiger partial charge is 0.143 e. The second kappa shape index (κ2) is 10.8. The summed E-state index contributed by atoms with van der Waals surface area (Å²) in [5.41, 5.74) is 12.3. The van der Waals surface area contributed by atoms with Crippen LogP contribution >= 0.6 is 11.3 Å². The topological polar surface area (TPSA) is 16.4 Å². The lowest BCUT2D eigenvalue weighted by Gasteiger charge is -2.29. The summed E-state index contributed by atoms with van der Waals surface area (Å²) in [5.74, 6) is 0.576. The van der Waals surface area contributed by atoms with Gasteiger partial charge >= 0.3 is 0 Å². The average Bonchev–Trinajstić information content (AvgIpc) is 3.96. The molecule has 0 aliphatic heterocycles. The van der Waals surface area contributed by atoms with Crippen molar-refractivity contribution in [1.82, 2.24) is 0 Å². The summed E-state index contributed by atoms with van der Waals surface area (Å²) in [6, 6.07) is 49.9. The molecule has 51 heavy (non-hydrogen) atoms. The molecule has 0 saturated heterocycles. The molecule has 0 atom stereocenters. The summed E-state index contributed by atoms with van der Waals surface area (Å²) in [5, 5.41) is 7.43. The maximum Gasteiger partial charge on any atom is 0.143 e. The zero-order valence-electron chi connectivity index (χ0n) is 28.9. The zero-order valence-corrected chi connectivity index (χ0v) is 29.7. The summed E-state index contributed by atoms with van der Waals surface area (Å²) in [4.78, 5) is 2.55. The molecule has 3 heteroatoms. The number of nitrogens with zero attached hydrogens (tertiary/aromatic N) is 1. The van der Waals surface area contributed by atoms with E-state index in [1.807, 2.05) is 11.3 Å². The van der Waals surface area contributed by atoms with Gasteiger partial charge in [-0.3, -0.25) is 0 Å². The van der Waals surface area contributed by atoms with Gasteiger partial charge in [0.25, 0.3) is 0 Å². The Morgan fingerprint density at radius 3 is 2.20 bits per heavy atom. The number of anilines is 3. The molecule has 0 unspecified atom stereocenters. The molecule has 0 amide bonds. The highest BCUT2D eigenvalue weighted by atomic mass is 32.1. The predicted octanol–water partition coefficient (Wildman–Crippen LogP) is 14.5. The third-order valence-corrected chi connectivity index (χ3v) is 13.1. The normalized spacial score (nSPS) is 15.4. The van der Waals surface area contributed by atoms with Crippen molar-refractivity contribution in [3.8, 4) is 11.1 Å². The van der Waals surface area contributed by atoms with Crippen LogP contribution < -0.4 is 4.90 Å². The van der Waals surface area contributed by atoms with Crippen molar-refractivity contribution in [3.05, 3.63) is 150 Å². The number of furan rings is 1. The van der Waals surface area contributed by atoms with E-state index in [2.05, 4.69) is 152 Å². The number of hydrogen-bond donors (Lipinski definition) is 0. The molecule has 246 valence electrons. The van der Waals surface area contributed by atoms with Gasteiger partial charge in [0.2, 0.25) is 0 Å². The van der Waals surface area contributed by atoms with Gasteiger partial charge in [0.05, 0.1) is 11.4 Å². The second-order valence-electron chi connectivity index (χ2n) is 15.1. The summed E-state index contributed by atoms with van der Waals surface area (Å²) < 4.78 is 9.45.